The zero-order valence-corrected chi connectivity index (χ0v) is 13.6. The topological polar surface area (TPSA) is 95.7 Å². The number of hydrogen-bond acceptors (Lipinski definition) is 8. The molecule has 0 fully saturated rings. The van der Waals surface area contributed by atoms with Crippen molar-refractivity contribution in [1.82, 2.24) is 29.8 Å². The van der Waals surface area contributed by atoms with Crippen LogP contribution in [0.15, 0.2) is 24.3 Å². The summed E-state index contributed by atoms with van der Waals surface area (Å²) in [5.41, 5.74) is 2.40. The number of rotatable bonds is 5. The Bertz CT molecular complexity index is 816. The van der Waals surface area contributed by atoms with Crippen LogP contribution in [0, 0.1) is 6.92 Å². The molecule has 3 aromatic rings. The number of aromatic nitrogens is 6. The summed E-state index contributed by atoms with van der Waals surface area (Å²) in [4.78, 5) is 12.9. The van der Waals surface area contributed by atoms with Crippen molar-refractivity contribution < 1.29 is 9.53 Å². The van der Waals surface area contributed by atoms with E-state index in [-0.39, 0.29) is 13.2 Å². The lowest BCUT2D eigenvalue weighted by Gasteiger charge is -2.01. The van der Waals surface area contributed by atoms with E-state index in [0.717, 1.165) is 22.7 Å². The van der Waals surface area contributed by atoms with Gasteiger partial charge >= 0.3 is 5.97 Å². The fraction of sp³-hybridized carbons (Fsp3) is 0.231. The SMILES string of the molecule is Cc1ccc(-c2nnn(CC(=O)OCc3nnsc3Cl)n2)cc1. The second kappa shape index (κ2) is 6.80. The van der Waals surface area contributed by atoms with Crippen molar-refractivity contribution >= 4 is 29.1 Å². The van der Waals surface area contributed by atoms with Crippen LogP contribution in [0.5, 0.6) is 0 Å². The maximum absolute atomic E-state index is 11.8. The van der Waals surface area contributed by atoms with Crippen LogP contribution in [-0.4, -0.2) is 35.8 Å². The van der Waals surface area contributed by atoms with Crippen molar-refractivity contribution in [2.75, 3.05) is 0 Å². The molecule has 0 radical (unpaired) electrons. The summed E-state index contributed by atoms with van der Waals surface area (Å²) < 4.78 is 9.11. The minimum absolute atomic E-state index is 0.0340. The predicted octanol–water partition coefficient (Wildman–Crippen LogP) is 1.90. The first-order chi connectivity index (χ1) is 11.1. The predicted molar refractivity (Wildman–Crippen MR) is 82.7 cm³/mol. The van der Waals surface area contributed by atoms with Crippen molar-refractivity contribution in [3.8, 4) is 11.4 Å². The highest BCUT2D eigenvalue weighted by Crippen LogP contribution is 2.18. The largest absolute Gasteiger partial charge is 0.458 e. The molecular formula is C13H11ClN6O2S. The fourth-order valence-electron chi connectivity index (χ4n) is 1.72. The van der Waals surface area contributed by atoms with Gasteiger partial charge in [0, 0.05) is 17.1 Å². The van der Waals surface area contributed by atoms with E-state index in [9.17, 15) is 4.79 Å². The third kappa shape index (κ3) is 3.88. The summed E-state index contributed by atoms with van der Waals surface area (Å²) >= 11 is 6.86. The Hall–Kier alpha value is -2.39. The van der Waals surface area contributed by atoms with Gasteiger partial charge in [-0.05, 0) is 12.1 Å². The highest BCUT2D eigenvalue weighted by atomic mass is 35.5. The molecule has 3 rings (SSSR count). The molecule has 118 valence electrons. The van der Waals surface area contributed by atoms with Crippen molar-refractivity contribution in [1.29, 1.82) is 0 Å². The van der Waals surface area contributed by atoms with E-state index >= 15 is 0 Å². The molecule has 0 amide bonds. The normalized spacial score (nSPS) is 10.7. The van der Waals surface area contributed by atoms with Gasteiger partial charge in [-0.1, -0.05) is 45.9 Å². The van der Waals surface area contributed by atoms with Crippen LogP contribution in [0.2, 0.25) is 4.34 Å². The molecule has 2 heterocycles. The van der Waals surface area contributed by atoms with E-state index in [1.54, 1.807) is 0 Å². The summed E-state index contributed by atoms with van der Waals surface area (Å²) in [6.07, 6.45) is 0. The number of ether oxygens (including phenoxy) is 1. The smallest absolute Gasteiger partial charge is 0.330 e. The third-order valence-electron chi connectivity index (χ3n) is 2.91. The van der Waals surface area contributed by atoms with Crippen molar-refractivity contribution in [3.63, 3.8) is 0 Å². The maximum atomic E-state index is 11.8. The first kappa shape index (κ1) is 15.5. The van der Waals surface area contributed by atoms with Gasteiger partial charge in [0.25, 0.3) is 0 Å². The molecule has 0 saturated heterocycles. The number of carbonyl (C=O) groups is 1. The van der Waals surface area contributed by atoms with Gasteiger partial charge in [-0.3, -0.25) is 0 Å². The Balaban J connectivity index is 1.59. The number of benzene rings is 1. The average Bonchev–Trinajstić information content (AvgIpc) is 3.15. The van der Waals surface area contributed by atoms with Crippen molar-refractivity contribution in [2.45, 2.75) is 20.1 Å². The second-order valence-corrected chi connectivity index (χ2v) is 6.02. The van der Waals surface area contributed by atoms with Crippen LogP contribution in [0.25, 0.3) is 11.4 Å². The number of aryl methyl sites for hydroxylation is 1. The van der Waals surface area contributed by atoms with E-state index < -0.39 is 5.97 Å². The molecule has 0 atom stereocenters. The van der Waals surface area contributed by atoms with Crippen LogP contribution in [0.3, 0.4) is 0 Å². The van der Waals surface area contributed by atoms with E-state index in [1.165, 1.54) is 4.80 Å². The molecule has 2 aromatic heterocycles. The van der Waals surface area contributed by atoms with Gasteiger partial charge in [-0.25, -0.2) is 4.79 Å². The van der Waals surface area contributed by atoms with Gasteiger partial charge in [-0.15, -0.1) is 15.3 Å². The Morgan fingerprint density at radius 3 is 2.78 bits per heavy atom. The maximum Gasteiger partial charge on any atom is 0.330 e. The monoisotopic (exact) mass is 350 g/mol. The molecule has 0 saturated carbocycles. The highest BCUT2D eigenvalue weighted by molar-refractivity contribution is 7.10. The van der Waals surface area contributed by atoms with Gasteiger partial charge in [0.1, 0.15) is 16.6 Å². The van der Waals surface area contributed by atoms with E-state index in [4.69, 9.17) is 16.3 Å². The summed E-state index contributed by atoms with van der Waals surface area (Å²) in [6.45, 7) is 1.82. The molecule has 0 aliphatic carbocycles. The van der Waals surface area contributed by atoms with E-state index in [2.05, 4.69) is 25.0 Å². The first-order valence-electron chi connectivity index (χ1n) is 6.59. The van der Waals surface area contributed by atoms with Crippen LogP contribution < -0.4 is 0 Å². The quantitative estimate of drug-likeness (QED) is 0.648. The summed E-state index contributed by atoms with van der Waals surface area (Å²) in [7, 11) is 0. The summed E-state index contributed by atoms with van der Waals surface area (Å²) in [6, 6.07) is 7.70. The minimum Gasteiger partial charge on any atom is -0.458 e. The Morgan fingerprint density at radius 1 is 1.30 bits per heavy atom. The Kier molecular flexibility index (Phi) is 4.58. The lowest BCUT2D eigenvalue weighted by atomic mass is 10.1. The summed E-state index contributed by atoms with van der Waals surface area (Å²) in [5, 5.41) is 15.7. The Labute approximate surface area is 140 Å². The van der Waals surface area contributed by atoms with Gasteiger partial charge in [-0.2, -0.15) is 4.80 Å². The van der Waals surface area contributed by atoms with E-state index in [0.29, 0.717) is 15.9 Å². The first-order valence-corrected chi connectivity index (χ1v) is 7.74. The molecule has 0 aliphatic heterocycles. The number of halogens is 1. The molecule has 0 bridgehead atoms. The van der Waals surface area contributed by atoms with Gasteiger partial charge in [0.2, 0.25) is 5.82 Å². The molecule has 23 heavy (non-hydrogen) atoms. The molecule has 8 nitrogen and oxygen atoms in total. The lowest BCUT2D eigenvalue weighted by molar-refractivity contribution is -0.146. The van der Waals surface area contributed by atoms with Crippen molar-refractivity contribution in [2.24, 2.45) is 0 Å². The van der Waals surface area contributed by atoms with E-state index in [1.807, 2.05) is 31.2 Å². The molecule has 0 aliphatic rings. The standard InChI is InChI=1S/C13H11ClN6O2S/c1-8-2-4-9(5-3-8)13-16-18-20(17-13)6-11(21)22-7-10-12(14)23-19-15-10/h2-5H,6-7H2,1H3. The zero-order valence-electron chi connectivity index (χ0n) is 12.0. The molecular weight excluding hydrogens is 340 g/mol. The van der Waals surface area contributed by atoms with Gasteiger partial charge < -0.3 is 4.74 Å². The lowest BCUT2D eigenvalue weighted by Crippen LogP contribution is -2.16. The van der Waals surface area contributed by atoms with Crippen LogP contribution >= 0.6 is 23.1 Å². The minimum atomic E-state index is -0.512. The number of tetrazole rings is 1. The number of nitrogens with zero attached hydrogens (tertiary/aromatic N) is 6. The molecule has 10 heteroatoms. The highest BCUT2D eigenvalue weighted by Gasteiger charge is 2.12. The van der Waals surface area contributed by atoms with Crippen LogP contribution in [0.1, 0.15) is 11.3 Å². The molecule has 1 aromatic carbocycles. The van der Waals surface area contributed by atoms with Crippen molar-refractivity contribution in [3.05, 3.63) is 39.9 Å². The molecule has 0 N–H and O–H groups in total. The fourth-order valence-corrected chi connectivity index (χ4v) is 2.32. The number of carbonyl (C=O) groups excluding carboxylic acids is 1. The molecule has 0 spiro atoms. The number of esters is 1. The van der Waals surface area contributed by atoms with Gasteiger partial charge in [0.15, 0.2) is 6.54 Å². The van der Waals surface area contributed by atoms with Crippen LogP contribution in [-0.2, 0) is 22.7 Å². The average molecular weight is 351 g/mol. The number of hydrogen-bond donors (Lipinski definition) is 0. The summed E-state index contributed by atoms with van der Waals surface area (Å²) in [5.74, 6) is -0.0635. The van der Waals surface area contributed by atoms with Crippen LogP contribution in [0.4, 0.5) is 0 Å². The Morgan fingerprint density at radius 2 is 2.09 bits per heavy atom. The van der Waals surface area contributed by atoms with Gasteiger partial charge in [0.05, 0.1) is 0 Å². The second-order valence-electron chi connectivity index (χ2n) is 4.66. The third-order valence-corrected chi connectivity index (χ3v) is 3.90. The molecule has 0 unspecified atom stereocenters. The zero-order chi connectivity index (χ0) is 16.2.